The molecule has 0 saturated carbocycles. The lowest BCUT2D eigenvalue weighted by Gasteiger charge is -2.35. The van der Waals surface area contributed by atoms with E-state index in [1.807, 2.05) is 25.1 Å². The minimum absolute atomic E-state index is 0.0728. The SMILES string of the molecule is CCCCNC(=O)C1CCN(C(C)C(=O)NCC(C)c2ccccc2)CC1. The number of carbonyl (C=O) groups is 2. The van der Waals surface area contributed by atoms with Crippen LogP contribution in [0.15, 0.2) is 30.3 Å². The molecule has 2 N–H and O–H groups in total. The summed E-state index contributed by atoms with van der Waals surface area (Å²) >= 11 is 0. The van der Waals surface area contributed by atoms with Gasteiger partial charge < -0.3 is 10.6 Å². The van der Waals surface area contributed by atoms with Gasteiger partial charge in [-0.05, 0) is 50.8 Å². The van der Waals surface area contributed by atoms with Crippen molar-refractivity contribution < 1.29 is 9.59 Å². The van der Waals surface area contributed by atoms with Crippen molar-refractivity contribution >= 4 is 11.8 Å². The van der Waals surface area contributed by atoms with Crippen molar-refractivity contribution in [2.24, 2.45) is 5.92 Å². The number of amides is 2. The van der Waals surface area contributed by atoms with Gasteiger partial charge in [0.1, 0.15) is 0 Å². The van der Waals surface area contributed by atoms with E-state index in [-0.39, 0.29) is 23.8 Å². The van der Waals surface area contributed by atoms with Crippen LogP contribution < -0.4 is 10.6 Å². The van der Waals surface area contributed by atoms with Crippen LogP contribution in [-0.4, -0.2) is 48.9 Å². The Labute approximate surface area is 163 Å². The predicted molar refractivity (Wildman–Crippen MR) is 110 cm³/mol. The Morgan fingerprint density at radius 1 is 1.11 bits per heavy atom. The Kier molecular flexibility index (Phi) is 8.79. The molecule has 2 atom stereocenters. The average molecular weight is 374 g/mol. The van der Waals surface area contributed by atoms with Gasteiger partial charge >= 0.3 is 0 Å². The maximum atomic E-state index is 12.5. The van der Waals surface area contributed by atoms with Crippen LogP contribution in [0.5, 0.6) is 0 Å². The normalized spacial score (nSPS) is 17.9. The highest BCUT2D eigenvalue weighted by molar-refractivity contribution is 5.81. The summed E-state index contributed by atoms with van der Waals surface area (Å²) in [6, 6.07) is 10.1. The molecule has 27 heavy (non-hydrogen) atoms. The molecule has 1 heterocycles. The van der Waals surface area contributed by atoms with Gasteiger partial charge in [-0.1, -0.05) is 50.6 Å². The average Bonchev–Trinajstić information content (AvgIpc) is 2.72. The van der Waals surface area contributed by atoms with Crippen molar-refractivity contribution in [2.45, 2.75) is 58.4 Å². The van der Waals surface area contributed by atoms with Crippen molar-refractivity contribution in [2.75, 3.05) is 26.2 Å². The van der Waals surface area contributed by atoms with Gasteiger partial charge in [-0.25, -0.2) is 0 Å². The van der Waals surface area contributed by atoms with E-state index in [0.29, 0.717) is 12.5 Å². The first kappa shape index (κ1) is 21.4. The standard InChI is InChI=1S/C22H35N3O2/c1-4-5-13-23-22(27)20-11-14-25(15-12-20)18(3)21(26)24-16-17(2)19-9-7-6-8-10-19/h6-10,17-18,20H,4-5,11-16H2,1-3H3,(H,23,27)(H,24,26). The second-order valence-electron chi connectivity index (χ2n) is 7.69. The molecule has 0 aromatic heterocycles. The summed E-state index contributed by atoms with van der Waals surface area (Å²) in [6.45, 7) is 9.23. The molecule has 1 saturated heterocycles. The predicted octanol–water partition coefficient (Wildman–Crippen LogP) is 2.92. The van der Waals surface area contributed by atoms with Gasteiger partial charge in [0, 0.05) is 19.0 Å². The summed E-state index contributed by atoms with van der Waals surface area (Å²) in [7, 11) is 0. The van der Waals surface area contributed by atoms with Gasteiger partial charge in [0.15, 0.2) is 0 Å². The van der Waals surface area contributed by atoms with Gasteiger partial charge in [-0.15, -0.1) is 0 Å². The Balaban J connectivity index is 1.72. The number of carbonyl (C=O) groups excluding carboxylic acids is 2. The molecule has 1 aliphatic heterocycles. The molecule has 1 aromatic rings. The van der Waals surface area contributed by atoms with E-state index >= 15 is 0 Å². The van der Waals surface area contributed by atoms with E-state index in [2.05, 4.69) is 41.5 Å². The number of nitrogens with one attached hydrogen (secondary N) is 2. The maximum absolute atomic E-state index is 12.5. The highest BCUT2D eigenvalue weighted by Crippen LogP contribution is 2.19. The van der Waals surface area contributed by atoms with Crippen LogP contribution in [0.3, 0.4) is 0 Å². The van der Waals surface area contributed by atoms with E-state index in [1.165, 1.54) is 5.56 Å². The van der Waals surface area contributed by atoms with Crippen LogP contribution in [0.1, 0.15) is 57.9 Å². The smallest absolute Gasteiger partial charge is 0.237 e. The number of hydrogen-bond donors (Lipinski definition) is 2. The van der Waals surface area contributed by atoms with Crippen molar-refractivity contribution in [3.05, 3.63) is 35.9 Å². The number of unbranched alkanes of at least 4 members (excludes halogenated alkanes) is 1. The number of hydrogen-bond acceptors (Lipinski definition) is 3. The number of nitrogens with zero attached hydrogens (tertiary/aromatic N) is 1. The summed E-state index contributed by atoms with van der Waals surface area (Å²) < 4.78 is 0. The van der Waals surface area contributed by atoms with E-state index in [9.17, 15) is 9.59 Å². The van der Waals surface area contributed by atoms with Gasteiger partial charge in [0.2, 0.25) is 11.8 Å². The first-order valence-corrected chi connectivity index (χ1v) is 10.4. The van der Waals surface area contributed by atoms with Crippen molar-refractivity contribution in [1.29, 1.82) is 0 Å². The molecule has 1 aliphatic rings. The monoisotopic (exact) mass is 373 g/mol. The lowest BCUT2D eigenvalue weighted by molar-refractivity contribution is -0.128. The first-order chi connectivity index (χ1) is 13.0. The molecular weight excluding hydrogens is 338 g/mol. The summed E-state index contributed by atoms with van der Waals surface area (Å²) in [4.78, 5) is 26.9. The Morgan fingerprint density at radius 3 is 2.41 bits per heavy atom. The van der Waals surface area contributed by atoms with Gasteiger partial charge in [-0.2, -0.15) is 0 Å². The van der Waals surface area contributed by atoms with Gasteiger partial charge in [0.05, 0.1) is 6.04 Å². The minimum atomic E-state index is -0.155. The molecule has 0 spiro atoms. The Morgan fingerprint density at radius 2 is 1.78 bits per heavy atom. The zero-order valence-corrected chi connectivity index (χ0v) is 17.0. The van der Waals surface area contributed by atoms with Crippen LogP contribution in [0.25, 0.3) is 0 Å². The second kappa shape index (κ2) is 11.1. The fourth-order valence-electron chi connectivity index (χ4n) is 3.55. The lowest BCUT2D eigenvalue weighted by atomic mass is 9.94. The molecule has 5 nitrogen and oxygen atoms in total. The Hall–Kier alpha value is -1.88. The molecular formula is C22H35N3O2. The fraction of sp³-hybridized carbons (Fsp3) is 0.636. The summed E-state index contributed by atoms with van der Waals surface area (Å²) in [6.07, 6.45) is 3.78. The third-order valence-corrected chi connectivity index (χ3v) is 5.61. The third-order valence-electron chi connectivity index (χ3n) is 5.61. The van der Waals surface area contributed by atoms with Crippen molar-refractivity contribution in [1.82, 2.24) is 15.5 Å². The molecule has 150 valence electrons. The van der Waals surface area contributed by atoms with Crippen LogP contribution in [-0.2, 0) is 9.59 Å². The van der Waals surface area contributed by atoms with Crippen LogP contribution >= 0.6 is 0 Å². The molecule has 0 aliphatic carbocycles. The van der Waals surface area contributed by atoms with E-state index < -0.39 is 0 Å². The summed E-state index contributed by atoms with van der Waals surface area (Å²) in [5.74, 6) is 0.631. The number of benzene rings is 1. The number of rotatable bonds is 9. The lowest BCUT2D eigenvalue weighted by Crippen LogP contribution is -2.50. The molecule has 5 heteroatoms. The minimum Gasteiger partial charge on any atom is -0.356 e. The highest BCUT2D eigenvalue weighted by atomic mass is 16.2. The largest absolute Gasteiger partial charge is 0.356 e. The maximum Gasteiger partial charge on any atom is 0.237 e. The number of piperidine rings is 1. The van der Waals surface area contributed by atoms with Crippen LogP contribution in [0.2, 0.25) is 0 Å². The van der Waals surface area contributed by atoms with Crippen molar-refractivity contribution in [3.8, 4) is 0 Å². The fourth-order valence-corrected chi connectivity index (χ4v) is 3.55. The van der Waals surface area contributed by atoms with Gasteiger partial charge in [-0.3, -0.25) is 14.5 Å². The first-order valence-electron chi connectivity index (χ1n) is 10.4. The molecule has 0 radical (unpaired) electrons. The van der Waals surface area contributed by atoms with Crippen molar-refractivity contribution in [3.63, 3.8) is 0 Å². The van der Waals surface area contributed by atoms with Crippen LogP contribution in [0.4, 0.5) is 0 Å². The zero-order chi connectivity index (χ0) is 19.6. The Bertz CT molecular complexity index is 582. The quantitative estimate of drug-likeness (QED) is 0.654. The molecule has 1 fully saturated rings. The summed E-state index contributed by atoms with van der Waals surface area (Å²) in [5.41, 5.74) is 1.24. The highest BCUT2D eigenvalue weighted by Gasteiger charge is 2.29. The van der Waals surface area contributed by atoms with Crippen LogP contribution in [0, 0.1) is 5.92 Å². The topological polar surface area (TPSA) is 61.4 Å². The third kappa shape index (κ3) is 6.65. The van der Waals surface area contributed by atoms with E-state index in [4.69, 9.17) is 0 Å². The number of likely N-dealkylation sites (tertiary alicyclic amines) is 1. The molecule has 2 unspecified atom stereocenters. The molecule has 1 aromatic carbocycles. The van der Waals surface area contributed by atoms with Gasteiger partial charge in [0.25, 0.3) is 0 Å². The van der Waals surface area contributed by atoms with E-state index in [0.717, 1.165) is 45.3 Å². The zero-order valence-electron chi connectivity index (χ0n) is 17.0. The second-order valence-corrected chi connectivity index (χ2v) is 7.69. The molecule has 0 bridgehead atoms. The summed E-state index contributed by atoms with van der Waals surface area (Å²) in [5, 5.41) is 6.12. The molecule has 2 rings (SSSR count). The molecule has 2 amide bonds. The van der Waals surface area contributed by atoms with E-state index in [1.54, 1.807) is 0 Å².